The molecule has 124 valence electrons. The van der Waals surface area contributed by atoms with Crippen LogP contribution in [-0.4, -0.2) is 32.4 Å². The number of hydrogen-bond donors (Lipinski definition) is 3. The SMILES string of the molecule is NC(=O)c1cnn2c1CC(CNCc1ccc3cn[nH]c3c1)CC2. The molecule has 0 spiro atoms. The van der Waals surface area contributed by atoms with E-state index in [0.29, 0.717) is 11.5 Å². The largest absolute Gasteiger partial charge is 0.365 e. The summed E-state index contributed by atoms with van der Waals surface area (Å²) in [6, 6.07) is 6.32. The van der Waals surface area contributed by atoms with Gasteiger partial charge in [-0.05, 0) is 36.9 Å². The Morgan fingerprint density at radius 2 is 2.33 bits per heavy atom. The second kappa shape index (κ2) is 6.09. The average molecular weight is 324 g/mol. The van der Waals surface area contributed by atoms with Gasteiger partial charge in [-0.25, -0.2) is 0 Å². The molecule has 1 aliphatic rings. The van der Waals surface area contributed by atoms with Crippen LogP contribution in [0.25, 0.3) is 10.9 Å². The summed E-state index contributed by atoms with van der Waals surface area (Å²) in [5.74, 6) is 0.0981. The summed E-state index contributed by atoms with van der Waals surface area (Å²) in [6.07, 6.45) is 5.31. The first-order valence-electron chi connectivity index (χ1n) is 8.18. The number of carbonyl (C=O) groups excluding carboxylic acids is 1. The van der Waals surface area contributed by atoms with Gasteiger partial charge in [0.1, 0.15) is 0 Å². The summed E-state index contributed by atoms with van der Waals surface area (Å²) >= 11 is 0. The van der Waals surface area contributed by atoms with Crippen LogP contribution in [0.15, 0.2) is 30.6 Å². The van der Waals surface area contributed by atoms with Gasteiger partial charge in [0.15, 0.2) is 0 Å². The van der Waals surface area contributed by atoms with Crippen molar-refractivity contribution in [2.75, 3.05) is 6.54 Å². The normalized spacial score (nSPS) is 17.1. The van der Waals surface area contributed by atoms with E-state index in [2.05, 4.69) is 38.8 Å². The van der Waals surface area contributed by atoms with Gasteiger partial charge in [-0.1, -0.05) is 12.1 Å². The highest BCUT2D eigenvalue weighted by molar-refractivity contribution is 5.93. The molecular weight excluding hydrogens is 304 g/mol. The highest BCUT2D eigenvalue weighted by atomic mass is 16.1. The van der Waals surface area contributed by atoms with Crippen molar-refractivity contribution in [3.8, 4) is 0 Å². The number of H-pyrrole nitrogens is 1. The quantitative estimate of drug-likeness (QED) is 0.656. The molecule has 0 fully saturated rings. The molecule has 4 rings (SSSR count). The van der Waals surface area contributed by atoms with Crippen molar-refractivity contribution < 1.29 is 4.79 Å². The van der Waals surface area contributed by atoms with Gasteiger partial charge in [-0.2, -0.15) is 10.2 Å². The molecule has 1 amide bonds. The molecule has 0 aliphatic carbocycles. The summed E-state index contributed by atoms with van der Waals surface area (Å²) in [5, 5.41) is 15.9. The number of amides is 1. The number of aromatic amines is 1. The number of aryl methyl sites for hydroxylation is 1. The number of nitrogens with zero attached hydrogens (tertiary/aromatic N) is 3. The molecule has 1 unspecified atom stereocenters. The van der Waals surface area contributed by atoms with Crippen molar-refractivity contribution >= 4 is 16.8 Å². The molecule has 0 radical (unpaired) electrons. The van der Waals surface area contributed by atoms with Crippen molar-refractivity contribution in [2.24, 2.45) is 11.7 Å². The number of primary amides is 1. The topological polar surface area (TPSA) is 102 Å². The molecular formula is C17H20N6O. The Kier molecular flexibility index (Phi) is 3.78. The van der Waals surface area contributed by atoms with Crippen molar-refractivity contribution in [2.45, 2.75) is 25.9 Å². The molecule has 2 aromatic heterocycles. The van der Waals surface area contributed by atoms with Crippen molar-refractivity contribution in [1.29, 1.82) is 0 Å². The van der Waals surface area contributed by atoms with E-state index in [-0.39, 0.29) is 0 Å². The van der Waals surface area contributed by atoms with Gasteiger partial charge in [-0.15, -0.1) is 0 Å². The minimum absolute atomic E-state index is 0.391. The van der Waals surface area contributed by atoms with Crippen molar-refractivity contribution in [3.63, 3.8) is 0 Å². The molecule has 4 N–H and O–H groups in total. The van der Waals surface area contributed by atoms with Gasteiger partial charge in [0.2, 0.25) is 0 Å². The number of hydrogen-bond acceptors (Lipinski definition) is 4. The fourth-order valence-electron chi connectivity index (χ4n) is 3.39. The molecule has 0 saturated heterocycles. The maximum Gasteiger partial charge on any atom is 0.252 e. The summed E-state index contributed by atoms with van der Waals surface area (Å²) in [7, 11) is 0. The number of benzene rings is 1. The van der Waals surface area contributed by atoms with Crippen LogP contribution in [-0.2, 0) is 19.5 Å². The summed E-state index contributed by atoms with van der Waals surface area (Å²) in [6.45, 7) is 2.56. The van der Waals surface area contributed by atoms with Crippen LogP contribution >= 0.6 is 0 Å². The van der Waals surface area contributed by atoms with Gasteiger partial charge >= 0.3 is 0 Å². The Morgan fingerprint density at radius 3 is 3.21 bits per heavy atom. The molecule has 3 aromatic rings. The summed E-state index contributed by atoms with van der Waals surface area (Å²) in [5.41, 5.74) is 9.24. The number of aromatic nitrogens is 4. The maximum atomic E-state index is 11.5. The lowest BCUT2D eigenvalue weighted by molar-refractivity contribution is 0.0998. The van der Waals surface area contributed by atoms with Gasteiger partial charge in [0.25, 0.3) is 5.91 Å². The van der Waals surface area contributed by atoms with Gasteiger partial charge in [-0.3, -0.25) is 14.6 Å². The predicted molar refractivity (Wildman–Crippen MR) is 90.4 cm³/mol. The Morgan fingerprint density at radius 1 is 1.42 bits per heavy atom. The van der Waals surface area contributed by atoms with Crippen LogP contribution in [0.2, 0.25) is 0 Å². The van der Waals surface area contributed by atoms with Crippen LogP contribution in [0.1, 0.15) is 28.0 Å². The standard InChI is InChI=1S/C17H20N6O/c18-17(24)14-10-21-23-4-3-12(6-16(14)23)8-19-7-11-1-2-13-9-20-22-15(13)5-11/h1-2,5,9-10,12,19H,3-4,6-8H2,(H2,18,24)(H,20,22). The third-order valence-corrected chi connectivity index (χ3v) is 4.71. The zero-order valence-electron chi connectivity index (χ0n) is 13.3. The number of carbonyl (C=O) groups is 1. The molecule has 24 heavy (non-hydrogen) atoms. The highest BCUT2D eigenvalue weighted by Crippen LogP contribution is 2.22. The Hall–Kier alpha value is -2.67. The first-order valence-corrected chi connectivity index (χ1v) is 8.18. The van der Waals surface area contributed by atoms with Gasteiger partial charge in [0.05, 0.1) is 29.2 Å². The smallest absolute Gasteiger partial charge is 0.252 e. The van der Waals surface area contributed by atoms with Crippen molar-refractivity contribution in [1.82, 2.24) is 25.3 Å². The lowest BCUT2D eigenvalue weighted by Crippen LogP contribution is -2.30. The van der Waals surface area contributed by atoms with E-state index in [0.717, 1.165) is 49.1 Å². The Bertz CT molecular complexity index is 880. The van der Waals surface area contributed by atoms with E-state index in [1.165, 1.54) is 5.56 Å². The molecule has 3 heterocycles. The van der Waals surface area contributed by atoms with E-state index in [9.17, 15) is 4.79 Å². The maximum absolute atomic E-state index is 11.5. The van der Waals surface area contributed by atoms with Crippen LogP contribution in [0.5, 0.6) is 0 Å². The number of fused-ring (bicyclic) bond motifs is 2. The zero-order chi connectivity index (χ0) is 16.5. The molecule has 0 bridgehead atoms. The van der Waals surface area contributed by atoms with E-state index in [4.69, 9.17) is 5.73 Å². The van der Waals surface area contributed by atoms with E-state index >= 15 is 0 Å². The van der Waals surface area contributed by atoms with Crippen molar-refractivity contribution in [3.05, 3.63) is 47.4 Å². The predicted octanol–water partition coefficient (Wildman–Crippen LogP) is 1.21. The van der Waals surface area contributed by atoms with Crippen LogP contribution in [0, 0.1) is 5.92 Å². The Balaban J connectivity index is 1.36. The van der Waals surface area contributed by atoms with E-state index in [1.807, 2.05) is 10.9 Å². The lowest BCUT2D eigenvalue weighted by atomic mass is 9.94. The third kappa shape index (κ3) is 2.78. The number of nitrogens with one attached hydrogen (secondary N) is 2. The first-order chi connectivity index (χ1) is 11.7. The third-order valence-electron chi connectivity index (χ3n) is 4.71. The fourth-order valence-corrected chi connectivity index (χ4v) is 3.39. The van der Waals surface area contributed by atoms with E-state index in [1.54, 1.807) is 6.20 Å². The second-order valence-corrected chi connectivity index (χ2v) is 6.37. The summed E-state index contributed by atoms with van der Waals surface area (Å²) in [4.78, 5) is 11.5. The lowest BCUT2D eigenvalue weighted by Gasteiger charge is -2.24. The van der Waals surface area contributed by atoms with Crippen LogP contribution in [0.3, 0.4) is 0 Å². The molecule has 1 aliphatic heterocycles. The first kappa shape index (κ1) is 14.9. The van der Waals surface area contributed by atoms with Crippen LogP contribution < -0.4 is 11.1 Å². The molecule has 1 atom stereocenters. The summed E-state index contributed by atoms with van der Waals surface area (Å²) < 4.78 is 1.91. The molecule has 7 heteroatoms. The van der Waals surface area contributed by atoms with Gasteiger partial charge < -0.3 is 11.1 Å². The minimum atomic E-state index is -0.391. The average Bonchev–Trinajstić information content (AvgIpc) is 3.20. The zero-order valence-corrected chi connectivity index (χ0v) is 13.3. The monoisotopic (exact) mass is 324 g/mol. The molecule has 1 aromatic carbocycles. The fraction of sp³-hybridized carbons (Fsp3) is 0.353. The number of rotatable bonds is 5. The Labute approximate surface area is 139 Å². The van der Waals surface area contributed by atoms with E-state index < -0.39 is 5.91 Å². The number of nitrogens with two attached hydrogens (primary N) is 1. The second-order valence-electron chi connectivity index (χ2n) is 6.37. The highest BCUT2D eigenvalue weighted by Gasteiger charge is 2.23. The minimum Gasteiger partial charge on any atom is -0.365 e. The van der Waals surface area contributed by atoms with Crippen LogP contribution in [0.4, 0.5) is 0 Å². The van der Waals surface area contributed by atoms with Gasteiger partial charge in [0, 0.05) is 18.5 Å². The molecule has 0 saturated carbocycles. The molecule has 7 nitrogen and oxygen atoms in total.